The summed E-state index contributed by atoms with van der Waals surface area (Å²) < 4.78 is 0.835. The van der Waals surface area contributed by atoms with Crippen LogP contribution in [0.5, 0.6) is 0 Å². The number of benzene rings is 1. The van der Waals surface area contributed by atoms with Crippen LogP contribution in [0.3, 0.4) is 0 Å². The Balaban J connectivity index is 2.21. The fourth-order valence-corrected chi connectivity index (χ4v) is 2.42. The predicted molar refractivity (Wildman–Crippen MR) is 76.5 cm³/mol. The quantitative estimate of drug-likeness (QED) is 0.909. The first-order chi connectivity index (χ1) is 8.56. The van der Waals surface area contributed by atoms with Gasteiger partial charge >= 0.3 is 0 Å². The number of halogens is 2. The zero-order valence-electron chi connectivity index (χ0n) is 9.48. The highest BCUT2D eigenvalue weighted by Gasteiger charge is 2.13. The number of nitrogens with zero attached hydrogens (tertiary/aromatic N) is 1. The van der Waals surface area contributed by atoms with Crippen LogP contribution < -0.4 is 5.73 Å². The second kappa shape index (κ2) is 5.69. The van der Waals surface area contributed by atoms with Crippen molar-refractivity contribution < 1.29 is 5.11 Å². The predicted octanol–water partition coefficient (Wildman–Crippen LogP) is 3.36. The molecule has 0 aliphatic carbocycles. The van der Waals surface area contributed by atoms with E-state index in [0.29, 0.717) is 17.3 Å². The Labute approximate surface area is 119 Å². The molecule has 0 radical (unpaired) electrons. The van der Waals surface area contributed by atoms with E-state index in [-0.39, 0.29) is 0 Å². The van der Waals surface area contributed by atoms with E-state index in [4.69, 9.17) is 17.3 Å². The Morgan fingerprint density at radius 2 is 2.11 bits per heavy atom. The van der Waals surface area contributed by atoms with Crippen LogP contribution in [0.1, 0.15) is 17.2 Å². The highest BCUT2D eigenvalue weighted by molar-refractivity contribution is 9.10. The van der Waals surface area contributed by atoms with Crippen molar-refractivity contribution in [3.05, 3.63) is 57.2 Å². The number of anilines is 1. The number of aromatic nitrogens is 1. The van der Waals surface area contributed by atoms with Gasteiger partial charge in [-0.15, -0.1) is 0 Å². The largest absolute Gasteiger partial charge is 0.388 e. The van der Waals surface area contributed by atoms with E-state index in [2.05, 4.69) is 20.9 Å². The monoisotopic (exact) mass is 326 g/mol. The molecule has 0 spiro atoms. The third-order valence-electron chi connectivity index (χ3n) is 2.59. The molecular formula is C13H12BrClN2O. The SMILES string of the molecule is Nc1cc(CC(O)c2cc(Cl)ccc2Br)ccn1. The molecule has 1 aromatic carbocycles. The number of nitrogen functional groups attached to an aromatic ring is 1. The summed E-state index contributed by atoms with van der Waals surface area (Å²) in [5, 5.41) is 10.8. The average Bonchev–Trinajstić information content (AvgIpc) is 2.32. The second-order valence-electron chi connectivity index (χ2n) is 3.97. The minimum absolute atomic E-state index is 0.449. The highest BCUT2D eigenvalue weighted by atomic mass is 79.9. The van der Waals surface area contributed by atoms with Crippen molar-refractivity contribution >= 4 is 33.3 Å². The number of nitrogens with two attached hydrogens (primary N) is 1. The van der Waals surface area contributed by atoms with Gasteiger partial charge in [-0.1, -0.05) is 27.5 Å². The fraction of sp³-hybridized carbons (Fsp3) is 0.154. The van der Waals surface area contributed by atoms with Gasteiger partial charge in [0.05, 0.1) is 6.10 Å². The molecule has 0 aliphatic rings. The molecule has 0 bridgehead atoms. The van der Waals surface area contributed by atoms with Gasteiger partial charge in [0.2, 0.25) is 0 Å². The smallest absolute Gasteiger partial charge is 0.123 e. The van der Waals surface area contributed by atoms with Crippen molar-refractivity contribution in [2.24, 2.45) is 0 Å². The van der Waals surface area contributed by atoms with Crippen LogP contribution in [0.15, 0.2) is 41.0 Å². The molecule has 0 aliphatic heterocycles. The van der Waals surface area contributed by atoms with Crippen LogP contribution in [0.25, 0.3) is 0 Å². The van der Waals surface area contributed by atoms with E-state index in [0.717, 1.165) is 15.6 Å². The van der Waals surface area contributed by atoms with Gasteiger partial charge in [0.1, 0.15) is 5.82 Å². The third kappa shape index (κ3) is 3.22. The summed E-state index contributed by atoms with van der Waals surface area (Å²) in [6.45, 7) is 0. The zero-order valence-corrected chi connectivity index (χ0v) is 11.8. The summed E-state index contributed by atoms with van der Waals surface area (Å²) in [4.78, 5) is 3.92. The Bertz CT molecular complexity index is 562. The first-order valence-corrected chi connectivity index (χ1v) is 6.57. The molecule has 3 N–H and O–H groups in total. The molecule has 0 saturated carbocycles. The van der Waals surface area contributed by atoms with Crippen LogP contribution >= 0.6 is 27.5 Å². The summed E-state index contributed by atoms with van der Waals surface area (Å²) in [6.07, 6.45) is 1.45. The van der Waals surface area contributed by atoms with Crippen LogP contribution in [0.2, 0.25) is 5.02 Å². The Kier molecular flexibility index (Phi) is 4.22. The lowest BCUT2D eigenvalue weighted by Gasteiger charge is -2.13. The van der Waals surface area contributed by atoms with Gasteiger partial charge in [0.25, 0.3) is 0 Å². The van der Waals surface area contributed by atoms with E-state index in [9.17, 15) is 5.11 Å². The van der Waals surface area contributed by atoms with Gasteiger partial charge in [-0.05, 0) is 41.5 Å². The van der Waals surface area contributed by atoms with Crippen LogP contribution in [0.4, 0.5) is 5.82 Å². The topological polar surface area (TPSA) is 59.1 Å². The van der Waals surface area contributed by atoms with Gasteiger partial charge in [0, 0.05) is 22.1 Å². The number of rotatable bonds is 3. The maximum Gasteiger partial charge on any atom is 0.123 e. The summed E-state index contributed by atoms with van der Waals surface area (Å²) >= 11 is 9.33. The molecule has 1 heterocycles. The normalized spacial score (nSPS) is 12.4. The highest BCUT2D eigenvalue weighted by Crippen LogP contribution is 2.28. The molecule has 1 unspecified atom stereocenters. The second-order valence-corrected chi connectivity index (χ2v) is 5.27. The lowest BCUT2D eigenvalue weighted by atomic mass is 10.0. The zero-order chi connectivity index (χ0) is 13.1. The van der Waals surface area contributed by atoms with E-state index >= 15 is 0 Å². The van der Waals surface area contributed by atoms with E-state index in [1.165, 1.54) is 0 Å². The third-order valence-corrected chi connectivity index (χ3v) is 3.55. The van der Waals surface area contributed by atoms with Gasteiger partial charge in [-0.2, -0.15) is 0 Å². The fourth-order valence-electron chi connectivity index (χ4n) is 1.72. The summed E-state index contributed by atoms with van der Waals surface area (Å²) in [6, 6.07) is 8.93. The van der Waals surface area contributed by atoms with Gasteiger partial charge in [-0.25, -0.2) is 4.98 Å². The lowest BCUT2D eigenvalue weighted by molar-refractivity contribution is 0.177. The number of hydrogen-bond donors (Lipinski definition) is 2. The summed E-state index contributed by atoms with van der Waals surface area (Å²) in [5.74, 6) is 0.449. The van der Waals surface area contributed by atoms with Gasteiger partial charge in [-0.3, -0.25) is 0 Å². The number of pyridine rings is 1. The van der Waals surface area contributed by atoms with Gasteiger partial charge < -0.3 is 10.8 Å². The van der Waals surface area contributed by atoms with Gasteiger partial charge in [0.15, 0.2) is 0 Å². The van der Waals surface area contributed by atoms with Crippen molar-refractivity contribution in [2.75, 3.05) is 5.73 Å². The Morgan fingerprint density at radius 1 is 1.33 bits per heavy atom. The maximum absolute atomic E-state index is 10.2. The lowest BCUT2D eigenvalue weighted by Crippen LogP contribution is -2.03. The molecule has 18 heavy (non-hydrogen) atoms. The number of aliphatic hydroxyl groups is 1. The molecular weight excluding hydrogens is 316 g/mol. The molecule has 1 aromatic heterocycles. The first kappa shape index (κ1) is 13.3. The van der Waals surface area contributed by atoms with E-state index in [1.54, 1.807) is 24.4 Å². The molecule has 3 nitrogen and oxygen atoms in total. The first-order valence-electron chi connectivity index (χ1n) is 5.39. The van der Waals surface area contributed by atoms with Crippen molar-refractivity contribution in [3.8, 4) is 0 Å². The van der Waals surface area contributed by atoms with Crippen LogP contribution in [-0.4, -0.2) is 10.1 Å². The Hall–Kier alpha value is -1.10. The molecule has 94 valence electrons. The average molecular weight is 328 g/mol. The molecule has 5 heteroatoms. The van der Waals surface area contributed by atoms with E-state index in [1.807, 2.05) is 12.1 Å². The van der Waals surface area contributed by atoms with E-state index < -0.39 is 6.10 Å². The molecule has 0 amide bonds. The van der Waals surface area contributed by atoms with Crippen molar-refractivity contribution in [3.63, 3.8) is 0 Å². The minimum atomic E-state index is -0.639. The number of hydrogen-bond acceptors (Lipinski definition) is 3. The maximum atomic E-state index is 10.2. The van der Waals surface area contributed by atoms with Crippen molar-refractivity contribution in [2.45, 2.75) is 12.5 Å². The minimum Gasteiger partial charge on any atom is -0.388 e. The van der Waals surface area contributed by atoms with Crippen molar-refractivity contribution in [1.29, 1.82) is 0 Å². The summed E-state index contributed by atoms with van der Waals surface area (Å²) in [7, 11) is 0. The Morgan fingerprint density at radius 3 is 2.83 bits per heavy atom. The number of aliphatic hydroxyl groups excluding tert-OH is 1. The molecule has 0 fully saturated rings. The van der Waals surface area contributed by atoms with Crippen molar-refractivity contribution in [1.82, 2.24) is 4.98 Å². The molecule has 2 rings (SSSR count). The molecule has 0 saturated heterocycles. The van der Waals surface area contributed by atoms with Crippen LogP contribution in [-0.2, 0) is 6.42 Å². The standard InChI is InChI=1S/C13H12BrClN2O/c14-11-2-1-9(15)7-10(11)12(18)5-8-3-4-17-13(16)6-8/h1-4,6-7,12,18H,5H2,(H2,16,17). The molecule has 2 aromatic rings. The summed E-state index contributed by atoms with van der Waals surface area (Å²) in [5.41, 5.74) is 7.30. The molecule has 1 atom stereocenters. The van der Waals surface area contributed by atoms with Crippen LogP contribution in [0, 0.1) is 0 Å².